The highest BCUT2D eigenvalue weighted by Crippen LogP contribution is 2.36. The summed E-state index contributed by atoms with van der Waals surface area (Å²) >= 11 is 1.09. The number of aliphatic imine (C=N–C) groups is 1. The second kappa shape index (κ2) is 2.98. The second-order valence-corrected chi connectivity index (χ2v) is 3.53. The van der Waals surface area contributed by atoms with Crippen molar-refractivity contribution in [3.8, 4) is 0 Å². The molecule has 2 rings (SSSR count). The summed E-state index contributed by atoms with van der Waals surface area (Å²) in [4.78, 5) is 4.06. The van der Waals surface area contributed by atoms with Crippen LogP contribution >= 0.6 is 11.8 Å². The molecule has 0 radical (unpaired) electrons. The van der Waals surface area contributed by atoms with Gasteiger partial charge in [-0.05, 0) is 24.4 Å². The summed E-state index contributed by atoms with van der Waals surface area (Å²) in [5.41, 5.74) is 0.716. The van der Waals surface area contributed by atoms with Crippen molar-refractivity contribution in [1.82, 2.24) is 0 Å². The largest absolute Gasteiger partial charge is 0.204 e. The molecule has 1 aliphatic heterocycles. The molecule has 0 amide bonds. The van der Waals surface area contributed by atoms with Crippen LogP contribution in [0.5, 0.6) is 0 Å². The summed E-state index contributed by atoms with van der Waals surface area (Å²) in [6.45, 7) is 1.51. The van der Waals surface area contributed by atoms with Crippen molar-refractivity contribution in [1.29, 1.82) is 0 Å². The van der Waals surface area contributed by atoms with E-state index in [4.69, 9.17) is 0 Å². The van der Waals surface area contributed by atoms with Crippen molar-refractivity contribution in [2.75, 3.05) is 0 Å². The molecular weight excluding hydrogens is 192 g/mol. The van der Waals surface area contributed by atoms with E-state index < -0.39 is 11.6 Å². The van der Waals surface area contributed by atoms with Crippen LogP contribution in [0, 0.1) is 18.6 Å². The third-order valence-corrected chi connectivity index (χ3v) is 2.59. The monoisotopic (exact) mass is 197 g/mol. The minimum Gasteiger partial charge on any atom is -0.204 e. The fraction of sp³-hybridized carbons (Fsp3) is 0.111. The zero-order valence-electron chi connectivity index (χ0n) is 6.77. The van der Waals surface area contributed by atoms with Gasteiger partial charge >= 0.3 is 0 Å². The van der Waals surface area contributed by atoms with E-state index in [2.05, 4.69) is 10.9 Å². The van der Waals surface area contributed by atoms with Gasteiger partial charge in [-0.3, -0.25) is 0 Å². The van der Waals surface area contributed by atoms with Crippen molar-refractivity contribution in [2.45, 2.75) is 11.8 Å². The summed E-state index contributed by atoms with van der Waals surface area (Å²) in [5, 5.41) is 1.50. The van der Waals surface area contributed by atoms with Crippen molar-refractivity contribution in [2.24, 2.45) is 4.99 Å². The van der Waals surface area contributed by atoms with Crippen LogP contribution in [-0.2, 0) is 0 Å². The molecule has 1 aliphatic rings. The van der Waals surface area contributed by atoms with Gasteiger partial charge in [-0.15, -0.1) is 0 Å². The Morgan fingerprint density at radius 1 is 1.38 bits per heavy atom. The van der Waals surface area contributed by atoms with E-state index in [1.54, 1.807) is 0 Å². The van der Waals surface area contributed by atoms with E-state index in [1.807, 2.05) is 0 Å². The summed E-state index contributed by atoms with van der Waals surface area (Å²) in [6.07, 6.45) is 0. The van der Waals surface area contributed by atoms with Crippen molar-refractivity contribution < 1.29 is 8.78 Å². The SMILES string of the molecule is Cc1cc2c(c(F)c1F)SC=C=N2. The average Bonchev–Trinajstić information content (AvgIpc) is 2.15. The Kier molecular flexibility index (Phi) is 1.94. The lowest BCUT2D eigenvalue weighted by molar-refractivity contribution is 0.487. The first kappa shape index (κ1) is 8.48. The Morgan fingerprint density at radius 2 is 2.15 bits per heavy atom. The molecule has 4 heteroatoms. The molecule has 0 unspecified atom stereocenters. The highest BCUT2D eigenvalue weighted by atomic mass is 32.2. The first-order valence-electron chi connectivity index (χ1n) is 3.63. The number of aryl methyl sites for hydroxylation is 1. The fourth-order valence-electron chi connectivity index (χ4n) is 1.10. The number of rotatable bonds is 0. The smallest absolute Gasteiger partial charge is 0.175 e. The van der Waals surface area contributed by atoms with Gasteiger partial charge in [-0.1, -0.05) is 11.8 Å². The number of nitrogens with zero attached hydrogens (tertiary/aromatic N) is 1. The van der Waals surface area contributed by atoms with Gasteiger partial charge in [-0.2, -0.15) is 0 Å². The van der Waals surface area contributed by atoms with Gasteiger partial charge in [-0.25, -0.2) is 13.8 Å². The highest BCUT2D eigenvalue weighted by Gasteiger charge is 2.17. The van der Waals surface area contributed by atoms with Crippen LogP contribution in [0.1, 0.15) is 5.56 Å². The molecule has 0 aliphatic carbocycles. The molecule has 0 saturated heterocycles. The molecule has 1 nitrogen and oxygen atoms in total. The van der Waals surface area contributed by atoms with Gasteiger partial charge in [0, 0.05) is 5.41 Å². The van der Waals surface area contributed by atoms with Gasteiger partial charge in [0.2, 0.25) is 0 Å². The summed E-state index contributed by atoms with van der Waals surface area (Å²) in [7, 11) is 0. The van der Waals surface area contributed by atoms with Crippen LogP contribution in [-0.4, -0.2) is 5.87 Å². The number of thioether (sulfide) groups is 1. The van der Waals surface area contributed by atoms with Gasteiger partial charge < -0.3 is 0 Å². The fourth-order valence-corrected chi connectivity index (χ4v) is 1.74. The molecule has 0 aromatic heterocycles. The number of benzene rings is 1. The zero-order chi connectivity index (χ0) is 9.42. The van der Waals surface area contributed by atoms with Crippen LogP contribution in [0.25, 0.3) is 0 Å². The summed E-state index contributed by atoms with van der Waals surface area (Å²) in [5.74, 6) is 0.976. The summed E-state index contributed by atoms with van der Waals surface area (Å²) in [6, 6.07) is 1.51. The normalized spacial score (nSPS) is 13.2. The third-order valence-electron chi connectivity index (χ3n) is 1.74. The number of fused-ring (bicyclic) bond motifs is 1. The van der Waals surface area contributed by atoms with Gasteiger partial charge in [0.25, 0.3) is 0 Å². The maximum atomic E-state index is 13.2. The topological polar surface area (TPSA) is 12.4 Å². The van der Waals surface area contributed by atoms with Crippen LogP contribution in [0.4, 0.5) is 14.5 Å². The molecule has 0 bridgehead atoms. The molecule has 0 fully saturated rings. The maximum Gasteiger partial charge on any atom is 0.175 e. The molecule has 1 heterocycles. The maximum absolute atomic E-state index is 13.2. The molecule has 0 atom stereocenters. The minimum absolute atomic E-state index is 0.238. The Labute approximate surface area is 78.2 Å². The van der Waals surface area contributed by atoms with Crippen LogP contribution in [0.15, 0.2) is 21.4 Å². The first-order valence-corrected chi connectivity index (χ1v) is 4.51. The lowest BCUT2D eigenvalue weighted by Gasteiger charge is -2.08. The number of hydrogen-bond donors (Lipinski definition) is 0. The van der Waals surface area contributed by atoms with Crippen LogP contribution < -0.4 is 0 Å². The van der Waals surface area contributed by atoms with Gasteiger partial charge in [0.15, 0.2) is 11.6 Å². The van der Waals surface area contributed by atoms with E-state index in [0.29, 0.717) is 5.69 Å². The van der Waals surface area contributed by atoms with E-state index >= 15 is 0 Å². The van der Waals surface area contributed by atoms with Crippen molar-refractivity contribution in [3.05, 3.63) is 28.7 Å². The Morgan fingerprint density at radius 3 is 2.92 bits per heavy atom. The van der Waals surface area contributed by atoms with Crippen molar-refractivity contribution >= 4 is 23.3 Å². The molecule has 0 N–H and O–H groups in total. The Balaban J connectivity index is 2.74. The predicted octanol–water partition coefficient (Wildman–Crippen LogP) is 3.19. The Bertz CT molecular complexity index is 434. The number of halogens is 2. The quantitative estimate of drug-likeness (QED) is 0.622. The van der Waals surface area contributed by atoms with Gasteiger partial charge in [0.05, 0.1) is 10.6 Å². The lowest BCUT2D eigenvalue weighted by Crippen LogP contribution is -1.93. The average molecular weight is 197 g/mol. The lowest BCUT2D eigenvalue weighted by atomic mass is 10.2. The number of hydrogen-bond acceptors (Lipinski definition) is 2. The van der Waals surface area contributed by atoms with E-state index in [0.717, 1.165) is 11.8 Å². The minimum atomic E-state index is -0.818. The first-order chi connectivity index (χ1) is 6.20. The van der Waals surface area contributed by atoms with Crippen LogP contribution in [0.2, 0.25) is 0 Å². The molecule has 1 aromatic rings. The summed E-state index contributed by atoms with van der Waals surface area (Å²) < 4.78 is 26.3. The molecule has 0 spiro atoms. The van der Waals surface area contributed by atoms with Gasteiger partial charge in [0.1, 0.15) is 0 Å². The standard InChI is InChI=1S/C9H5F2NS/c1-5-4-6-9(8(11)7(5)10)13-3-2-12-6/h3-4H,1H3. The molecule has 66 valence electrons. The van der Waals surface area contributed by atoms with E-state index in [9.17, 15) is 8.78 Å². The third kappa shape index (κ3) is 1.28. The van der Waals surface area contributed by atoms with Crippen molar-refractivity contribution in [3.63, 3.8) is 0 Å². The molecule has 1 aromatic carbocycles. The Hall–Kier alpha value is -1.12. The molecule has 0 saturated carbocycles. The predicted molar refractivity (Wildman–Crippen MR) is 48.6 cm³/mol. The zero-order valence-corrected chi connectivity index (χ0v) is 7.58. The highest BCUT2D eigenvalue weighted by molar-refractivity contribution is 8.02. The molecule has 13 heavy (non-hydrogen) atoms. The van der Waals surface area contributed by atoms with Crippen LogP contribution in [0.3, 0.4) is 0 Å². The van der Waals surface area contributed by atoms with E-state index in [-0.39, 0.29) is 10.5 Å². The van der Waals surface area contributed by atoms with E-state index in [1.165, 1.54) is 18.4 Å². The second-order valence-electron chi connectivity index (χ2n) is 2.65. The molecular formula is C9H5F2NS.